The lowest BCUT2D eigenvalue weighted by atomic mass is 10.2. The van der Waals surface area contributed by atoms with Crippen LogP contribution in [-0.4, -0.2) is 30.1 Å². The summed E-state index contributed by atoms with van der Waals surface area (Å²) >= 11 is 5.98. The van der Waals surface area contributed by atoms with E-state index < -0.39 is 11.7 Å². The quantitative estimate of drug-likeness (QED) is 0.782. The Morgan fingerprint density at radius 3 is 2.81 bits per heavy atom. The van der Waals surface area contributed by atoms with E-state index in [1.54, 1.807) is 0 Å². The molecule has 2 N–H and O–H groups in total. The Kier molecular flexibility index (Phi) is 5.86. The van der Waals surface area contributed by atoms with Gasteiger partial charge in [-0.1, -0.05) is 11.6 Å². The SMILES string of the molecule is O=C(NCC1CCCO1)c1cncc(Nc2cc(C(F)(F)F)ccc2Cl)c1. The molecule has 0 saturated carbocycles. The van der Waals surface area contributed by atoms with E-state index in [0.29, 0.717) is 18.8 Å². The van der Waals surface area contributed by atoms with Crippen LogP contribution in [0.1, 0.15) is 28.8 Å². The number of hydrogen-bond donors (Lipinski definition) is 2. The molecule has 144 valence electrons. The van der Waals surface area contributed by atoms with E-state index in [-0.39, 0.29) is 28.3 Å². The molecular weight excluding hydrogens is 383 g/mol. The largest absolute Gasteiger partial charge is 0.416 e. The van der Waals surface area contributed by atoms with Gasteiger partial charge < -0.3 is 15.4 Å². The predicted octanol–water partition coefficient (Wildman–Crippen LogP) is 4.41. The summed E-state index contributed by atoms with van der Waals surface area (Å²) in [4.78, 5) is 16.2. The molecule has 0 aliphatic carbocycles. The first-order chi connectivity index (χ1) is 12.8. The Hall–Kier alpha value is -2.32. The molecule has 1 amide bonds. The third-order valence-electron chi connectivity index (χ3n) is 4.09. The van der Waals surface area contributed by atoms with E-state index in [2.05, 4.69) is 15.6 Å². The topological polar surface area (TPSA) is 63.2 Å². The van der Waals surface area contributed by atoms with Crippen molar-refractivity contribution >= 4 is 28.9 Å². The lowest BCUT2D eigenvalue weighted by Gasteiger charge is -2.13. The molecule has 0 spiro atoms. The molecule has 3 rings (SSSR count). The molecule has 1 aromatic heterocycles. The molecule has 0 radical (unpaired) electrons. The van der Waals surface area contributed by atoms with Crippen LogP contribution >= 0.6 is 11.6 Å². The van der Waals surface area contributed by atoms with E-state index in [4.69, 9.17) is 16.3 Å². The fourth-order valence-electron chi connectivity index (χ4n) is 2.70. The number of aromatic nitrogens is 1. The van der Waals surface area contributed by atoms with Gasteiger partial charge in [-0.3, -0.25) is 9.78 Å². The molecule has 1 aromatic carbocycles. The van der Waals surface area contributed by atoms with E-state index >= 15 is 0 Å². The third kappa shape index (κ3) is 5.11. The van der Waals surface area contributed by atoms with Crippen LogP contribution in [0.25, 0.3) is 0 Å². The van der Waals surface area contributed by atoms with Crippen LogP contribution in [0, 0.1) is 0 Å². The first kappa shape index (κ1) is 19.4. The molecule has 2 aromatic rings. The Balaban J connectivity index is 1.71. The van der Waals surface area contributed by atoms with Gasteiger partial charge in [-0.25, -0.2) is 0 Å². The molecule has 1 saturated heterocycles. The first-order valence-electron chi connectivity index (χ1n) is 8.31. The van der Waals surface area contributed by atoms with Gasteiger partial charge in [-0.15, -0.1) is 0 Å². The zero-order valence-electron chi connectivity index (χ0n) is 14.1. The second kappa shape index (κ2) is 8.14. The summed E-state index contributed by atoms with van der Waals surface area (Å²) in [5.41, 5.74) is -0.125. The zero-order chi connectivity index (χ0) is 19.4. The van der Waals surface area contributed by atoms with Crippen LogP contribution in [0.15, 0.2) is 36.7 Å². The average molecular weight is 400 g/mol. The maximum absolute atomic E-state index is 12.9. The van der Waals surface area contributed by atoms with Crippen LogP contribution in [-0.2, 0) is 10.9 Å². The summed E-state index contributed by atoms with van der Waals surface area (Å²) in [5, 5.41) is 5.67. The van der Waals surface area contributed by atoms with Gasteiger partial charge in [0.2, 0.25) is 0 Å². The van der Waals surface area contributed by atoms with E-state index in [1.807, 2.05) is 0 Å². The maximum atomic E-state index is 12.9. The molecule has 1 unspecified atom stereocenters. The monoisotopic (exact) mass is 399 g/mol. The standard InChI is InChI=1S/C18H17ClF3N3O2/c19-15-4-3-12(18(20,21)22)7-16(15)25-13-6-11(8-23-9-13)17(26)24-10-14-2-1-5-27-14/h3-4,6-9,14,25H,1-2,5,10H2,(H,24,26). The van der Waals surface area contributed by atoms with Crippen molar-refractivity contribution in [2.75, 3.05) is 18.5 Å². The number of nitrogens with zero attached hydrogens (tertiary/aromatic N) is 1. The number of rotatable bonds is 5. The van der Waals surface area contributed by atoms with Gasteiger partial charge in [0.25, 0.3) is 5.91 Å². The average Bonchev–Trinajstić information content (AvgIpc) is 3.14. The number of ether oxygens (including phenoxy) is 1. The zero-order valence-corrected chi connectivity index (χ0v) is 14.9. The van der Waals surface area contributed by atoms with Crippen LogP contribution in [0.4, 0.5) is 24.5 Å². The van der Waals surface area contributed by atoms with Crippen molar-refractivity contribution in [3.8, 4) is 0 Å². The van der Waals surface area contributed by atoms with Gasteiger partial charge >= 0.3 is 6.18 Å². The normalized spacial score (nSPS) is 17.0. The van der Waals surface area contributed by atoms with Gasteiger partial charge in [0.1, 0.15) is 0 Å². The van der Waals surface area contributed by atoms with Crippen molar-refractivity contribution in [1.29, 1.82) is 0 Å². The Morgan fingerprint density at radius 1 is 1.30 bits per heavy atom. The second-order valence-corrected chi connectivity index (χ2v) is 6.53. The van der Waals surface area contributed by atoms with Gasteiger partial charge in [0.05, 0.1) is 39.8 Å². The lowest BCUT2D eigenvalue weighted by Crippen LogP contribution is -2.31. The van der Waals surface area contributed by atoms with Gasteiger partial charge in [-0.05, 0) is 37.1 Å². The maximum Gasteiger partial charge on any atom is 0.416 e. The summed E-state index contributed by atoms with van der Waals surface area (Å²) in [5.74, 6) is -0.336. The van der Waals surface area contributed by atoms with Crippen LogP contribution in [0.2, 0.25) is 5.02 Å². The van der Waals surface area contributed by atoms with Gasteiger partial charge in [-0.2, -0.15) is 13.2 Å². The number of alkyl halides is 3. The molecule has 9 heteroatoms. The molecule has 1 atom stereocenters. The number of halogens is 4. The van der Waals surface area contributed by atoms with E-state index in [0.717, 1.165) is 31.0 Å². The minimum absolute atomic E-state index is 0.00660. The fraction of sp³-hybridized carbons (Fsp3) is 0.333. The van der Waals surface area contributed by atoms with Crippen molar-refractivity contribution in [2.45, 2.75) is 25.1 Å². The third-order valence-corrected chi connectivity index (χ3v) is 4.42. The molecule has 2 heterocycles. The first-order valence-corrected chi connectivity index (χ1v) is 8.69. The lowest BCUT2D eigenvalue weighted by molar-refractivity contribution is -0.137. The van der Waals surface area contributed by atoms with Crippen LogP contribution < -0.4 is 10.6 Å². The molecule has 27 heavy (non-hydrogen) atoms. The van der Waals surface area contributed by atoms with E-state index in [1.165, 1.54) is 18.5 Å². The molecule has 0 bridgehead atoms. The summed E-state index contributed by atoms with van der Waals surface area (Å²) < 4.78 is 44.1. The van der Waals surface area contributed by atoms with E-state index in [9.17, 15) is 18.0 Å². The van der Waals surface area contributed by atoms with Crippen LogP contribution in [0.5, 0.6) is 0 Å². The summed E-state index contributed by atoms with van der Waals surface area (Å²) in [6.07, 6.45) is 0.167. The molecule has 1 fully saturated rings. The second-order valence-electron chi connectivity index (χ2n) is 6.12. The van der Waals surface area contributed by atoms with Gasteiger partial charge in [0.15, 0.2) is 0 Å². The highest BCUT2D eigenvalue weighted by Crippen LogP contribution is 2.34. The summed E-state index contributed by atoms with van der Waals surface area (Å²) in [7, 11) is 0. The Labute approximate surface area is 158 Å². The summed E-state index contributed by atoms with van der Waals surface area (Å²) in [6.45, 7) is 1.09. The number of hydrogen-bond acceptors (Lipinski definition) is 4. The highest BCUT2D eigenvalue weighted by atomic mass is 35.5. The smallest absolute Gasteiger partial charge is 0.376 e. The van der Waals surface area contributed by atoms with Crippen LogP contribution in [0.3, 0.4) is 0 Å². The van der Waals surface area contributed by atoms with Crippen molar-refractivity contribution in [3.63, 3.8) is 0 Å². The van der Waals surface area contributed by atoms with Crippen molar-refractivity contribution in [3.05, 3.63) is 52.8 Å². The Bertz CT molecular complexity index is 824. The minimum Gasteiger partial charge on any atom is -0.376 e. The predicted molar refractivity (Wildman–Crippen MR) is 95.3 cm³/mol. The minimum atomic E-state index is -4.48. The number of anilines is 2. The fourth-order valence-corrected chi connectivity index (χ4v) is 2.86. The van der Waals surface area contributed by atoms with Crippen molar-refractivity contribution < 1.29 is 22.7 Å². The number of benzene rings is 1. The highest BCUT2D eigenvalue weighted by Gasteiger charge is 2.31. The Morgan fingerprint density at radius 2 is 2.11 bits per heavy atom. The molecular formula is C18H17ClF3N3O2. The number of carbonyl (C=O) groups excluding carboxylic acids is 1. The molecule has 5 nitrogen and oxygen atoms in total. The number of carbonyl (C=O) groups is 1. The molecule has 1 aliphatic heterocycles. The highest BCUT2D eigenvalue weighted by molar-refractivity contribution is 6.33. The van der Waals surface area contributed by atoms with Gasteiger partial charge in [0, 0.05) is 19.3 Å². The number of pyridine rings is 1. The number of nitrogens with one attached hydrogen (secondary N) is 2. The van der Waals surface area contributed by atoms with Crippen molar-refractivity contribution in [2.24, 2.45) is 0 Å². The summed E-state index contributed by atoms with van der Waals surface area (Å²) in [6, 6.07) is 4.47. The van der Waals surface area contributed by atoms with Crippen molar-refractivity contribution in [1.82, 2.24) is 10.3 Å². The number of amides is 1. The molecule has 1 aliphatic rings.